The van der Waals surface area contributed by atoms with Crippen molar-refractivity contribution in [2.75, 3.05) is 45.0 Å². The van der Waals surface area contributed by atoms with Crippen LogP contribution in [-0.4, -0.2) is 55.6 Å². The monoisotopic (exact) mass is 568 g/mol. The number of carbonyl (C=O) groups excluding carboxylic acids is 2. The summed E-state index contributed by atoms with van der Waals surface area (Å²) in [5.74, 6) is 1.93. The number of hydrogen-bond acceptors (Lipinski definition) is 6. The van der Waals surface area contributed by atoms with Gasteiger partial charge in [-0.1, -0.05) is 0 Å². The van der Waals surface area contributed by atoms with Crippen LogP contribution >= 0.6 is 0 Å². The zero-order valence-corrected chi connectivity index (χ0v) is 24.6. The molecular formula is C33H36N4O5. The fourth-order valence-electron chi connectivity index (χ4n) is 5.10. The number of hydrogen-bond donors (Lipinski definition) is 2. The van der Waals surface area contributed by atoms with E-state index in [2.05, 4.69) is 27.0 Å². The van der Waals surface area contributed by atoms with Crippen LogP contribution in [-0.2, 0) is 6.54 Å². The zero-order chi connectivity index (χ0) is 29.8. The van der Waals surface area contributed by atoms with E-state index in [0.717, 1.165) is 53.2 Å². The first-order valence-corrected chi connectivity index (χ1v) is 14.0. The van der Waals surface area contributed by atoms with Gasteiger partial charge < -0.3 is 34.3 Å². The van der Waals surface area contributed by atoms with E-state index in [-0.39, 0.29) is 11.5 Å². The Hall–Kier alpha value is -4.76. The molecule has 0 aliphatic carbocycles. The van der Waals surface area contributed by atoms with Crippen molar-refractivity contribution in [2.45, 2.75) is 26.8 Å². The lowest BCUT2D eigenvalue weighted by Crippen LogP contribution is -2.19. The van der Waals surface area contributed by atoms with Gasteiger partial charge in [0.2, 0.25) is 5.78 Å². The minimum atomic E-state index is -0.423. The number of ketones is 1. The number of nitrogens with zero attached hydrogens (tertiary/aromatic N) is 2. The highest BCUT2D eigenvalue weighted by atomic mass is 16.5. The highest BCUT2D eigenvalue weighted by Crippen LogP contribution is 2.36. The van der Waals surface area contributed by atoms with Crippen LogP contribution in [0.5, 0.6) is 17.2 Å². The third-order valence-electron chi connectivity index (χ3n) is 7.23. The lowest BCUT2D eigenvalue weighted by Gasteiger charge is -2.11. The summed E-state index contributed by atoms with van der Waals surface area (Å²) in [5, 5.41) is 6.59. The molecule has 0 saturated heterocycles. The normalized spacial score (nSPS) is 13.4. The van der Waals surface area contributed by atoms with Crippen LogP contribution in [0.3, 0.4) is 0 Å². The van der Waals surface area contributed by atoms with E-state index in [0.29, 0.717) is 29.3 Å². The summed E-state index contributed by atoms with van der Waals surface area (Å²) in [4.78, 5) is 28.2. The number of carbonyl (C=O) groups is 2. The Morgan fingerprint density at radius 3 is 2.43 bits per heavy atom. The van der Waals surface area contributed by atoms with Gasteiger partial charge >= 0.3 is 6.03 Å². The van der Waals surface area contributed by atoms with Crippen molar-refractivity contribution in [3.05, 3.63) is 83.2 Å². The molecule has 218 valence electrons. The molecule has 4 aromatic rings. The van der Waals surface area contributed by atoms with Crippen LogP contribution in [0.25, 0.3) is 17.0 Å². The Balaban J connectivity index is 1.26. The second-order valence-electron chi connectivity index (χ2n) is 10.4. The largest absolute Gasteiger partial charge is 0.497 e. The van der Waals surface area contributed by atoms with Crippen molar-refractivity contribution in [1.29, 1.82) is 0 Å². The van der Waals surface area contributed by atoms with Crippen LogP contribution in [0.15, 0.2) is 66.4 Å². The molecule has 1 aliphatic heterocycles. The van der Waals surface area contributed by atoms with E-state index in [1.807, 2.05) is 51.4 Å². The number of aryl methyl sites for hydroxylation is 1. The molecule has 0 bridgehead atoms. The van der Waals surface area contributed by atoms with Crippen LogP contribution in [0.4, 0.5) is 16.2 Å². The number of ether oxygens (including phenoxy) is 3. The number of aromatic nitrogens is 1. The summed E-state index contributed by atoms with van der Waals surface area (Å²) in [5.41, 5.74) is 4.49. The Morgan fingerprint density at radius 2 is 1.71 bits per heavy atom. The first kappa shape index (κ1) is 28.8. The number of benzene rings is 3. The maximum atomic E-state index is 13.4. The lowest BCUT2D eigenvalue weighted by atomic mass is 10.1. The first-order valence-electron chi connectivity index (χ1n) is 14.0. The molecule has 0 radical (unpaired) electrons. The van der Waals surface area contributed by atoms with Gasteiger partial charge in [-0.2, -0.15) is 0 Å². The molecule has 2 heterocycles. The second kappa shape index (κ2) is 12.4. The first-order chi connectivity index (χ1) is 20.3. The predicted molar refractivity (Wildman–Crippen MR) is 166 cm³/mol. The van der Waals surface area contributed by atoms with Gasteiger partial charge in [-0.05, 0) is 101 Å². The Labute approximate surface area is 245 Å². The number of fused-ring (bicyclic) bond motifs is 2. The summed E-state index contributed by atoms with van der Waals surface area (Å²) in [6.07, 6.45) is 2.72. The molecule has 2 N–H and O–H groups in total. The third-order valence-corrected chi connectivity index (χ3v) is 7.23. The molecule has 0 atom stereocenters. The van der Waals surface area contributed by atoms with Gasteiger partial charge in [0.1, 0.15) is 17.2 Å². The van der Waals surface area contributed by atoms with E-state index in [1.54, 1.807) is 43.5 Å². The van der Waals surface area contributed by atoms with Crippen molar-refractivity contribution >= 4 is 40.2 Å². The second-order valence-corrected chi connectivity index (χ2v) is 10.4. The molecule has 1 aliphatic rings. The summed E-state index contributed by atoms with van der Waals surface area (Å²) in [6.45, 7) is 6.49. The average molecular weight is 569 g/mol. The minimum Gasteiger partial charge on any atom is -0.497 e. The number of amides is 2. The quantitative estimate of drug-likeness (QED) is 0.166. The fourth-order valence-corrected chi connectivity index (χ4v) is 5.10. The highest BCUT2D eigenvalue weighted by Gasteiger charge is 2.29. The highest BCUT2D eigenvalue weighted by molar-refractivity contribution is 6.16. The number of methoxy groups -OCH3 is 1. The van der Waals surface area contributed by atoms with Gasteiger partial charge in [0.15, 0.2) is 5.76 Å². The number of rotatable bonds is 10. The van der Waals surface area contributed by atoms with Crippen LogP contribution in [0.1, 0.15) is 35.0 Å². The van der Waals surface area contributed by atoms with Crippen LogP contribution in [0.2, 0.25) is 0 Å². The smallest absolute Gasteiger partial charge is 0.323 e. The number of nitrogens with one attached hydrogen (secondary N) is 2. The molecular weight excluding hydrogens is 532 g/mol. The van der Waals surface area contributed by atoms with E-state index in [9.17, 15) is 9.59 Å². The van der Waals surface area contributed by atoms with Crippen molar-refractivity contribution < 1.29 is 23.8 Å². The number of allylic oxidation sites excluding steroid dienone is 1. The molecule has 1 aromatic heterocycles. The molecule has 0 fully saturated rings. The third kappa shape index (κ3) is 6.11. The fraction of sp³-hybridized carbons (Fsp3) is 0.273. The SMILES string of the molecule is CCn1c(C)c(/C=C2\Oc3ccc(NC(=O)Nc4ccc(OCCCN(C)C)cc4)cc3C2=O)c2cc(OC)ccc21. The van der Waals surface area contributed by atoms with E-state index in [1.165, 1.54) is 0 Å². The topological polar surface area (TPSA) is 94.1 Å². The average Bonchev–Trinajstić information content (AvgIpc) is 3.43. The Bertz CT molecular complexity index is 1650. The summed E-state index contributed by atoms with van der Waals surface area (Å²) in [6, 6.07) is 17.7. The van der Waals surface area contributed by atoms with E-state index in [4.69, 9.17) is 14.2 Å². The van der Waals surface area contributed by atoms with E-state index < -0.39 is 6.03 Å². The maximum Gasteiger partial charge on any atom is 0.323 e. The summed E-state index contributed by atoms with van der Waals surface area (Å²) >= 11 is 0. The lowest BCUT2D eigenvalue weighted by molar-refractivity contribution is 0.101. The molecule has 0 unspecified atom stereocenters. The van der Waals surface area contributed by atoms with Crippen molar-refractivity contribution in [2.24, 2.45) is 0 Å². The van der Waals surface area contributed by atoms with Gasteiger partial charge in [-0.15, -0.1) is 0 Å². The number of anilines is 2. The van der Waals surface area contributed by atoms with Crippen molar-refractivity contribution in [1.82, 2.24) is 9.47 Å². The molecule has 2 amide bonds. The number of Topliss-reactive ketones (excluding diaryl/α,β-unsaturated/α-hetero) is 1. The van der Waals surface area contributed by atoms with Crippen LogP contribution < -0.4 is 24.8 Å². The molecule has 9 nitrogen and oxygen atoms in total. The maximum absolute atomic E-state index is 13.4. The Kier molecular flexibility index (Phi) is 8.49. The number of urea groups is 1. The van der Waals surface area contributed by atoms with Gasteiger partial charge in [-0.3, -0.25) is 4.79 Å². The molecule has 5 rings (SSSR count). The molecule has 42 heavy (non-hydrogen) atoms. The van der Waals surface area contributed by atoms with Crippen LogP contribution in [0, 0.1) is 6.92 Å². The van der Waals surface area contributed by atoms with Gasteiger partial charge in [0.05, 0.1) is 19.3 Å². The standard InChI is InChI=1S/C33H36N4O5/c1-6-37-21(2)26(27-19-25(40-5)13-14-29(27)37)20-31-32(38)28-18-23(10-15-30(28)42-31)35-33(39)34-22-8-11-24(12-9-22)41-17-7-16-36(3)4/h8-15,18-20H,6-7,16-17H2,1-5H3,(H2,34,35,39)/b31-20-. The molecule has 9 heteroatoms. The van der Waals surface area contributed by atoms with E-state index >= 15 is 0 Å². The zero-order valence-electron chi connectivity index (χ0n) is 24.6. The predicted octanol–water partition coefficient (Wildman–Crippen LogP) is 6.57. The van der Waals surface area contributed by atoms with Crippen molar-refractivity contribution in [3.8, 4) is 17.2 Å². The molecule has 3 aromatic carbocycles. The van der Waals surface area contributed by atoms with Gasteiger partial charge in [0.25, 0.3) is 0 Å². The van der Waals surface area contributed by atoms with Gasteiger partial charge in [0, 0.05) is 46.6 Å². The Morgan fingerprint density at radius 1 is 1.00 bits per heavy atom. The molecule has 0 saturated carbocycles. The minimum absolute atomic E-state index is 0.233. The van der Waals surface area contributed by atoms with Crippen molar-refractivity contribution in [3.63, 3.8) is 0 Å². The summed E-state index contributed by atoms with van der Waals surface area (Å²) < 4.78 is 19.3. The van der Waals surface area contributed by atoms with Gasteiger partial charge in [-0.25, -0.2) is 4.79 Å². The molecule has 0 spiro atoms. The summed E-state index contributed by atoms with van der Waals surface area (Å²) in [7, 11) is 5.69.